The van der Waals surface area contributed by atoms with Crippen LogP contribution < -0.4 is 5.32 Å². The summed E-state index contributed by atoms with van der Waals surface area (Å²) in [5.41, 5.74) is 1.06. The Labute approximate surface area is 119 Å². The molecule has 1 aliphatic rings. The highest BCUT2D eigenvalue weighted by Crippen LogP contribution is 2.28. The molecule has 4 heteroatoms. The molecular formula is C15H21ClN2O. The van der Waals surface area contributed by atoms with Gasteiger partial charge in [0.1, 0.15) is 6.17 Å². The molecule has 0 spiro atoms. The highest BCUT2D eigenvalue weighted by molar-refractivity contribution is 6.30. The topological polar surface area (TPSA) is 32.3 Å². The van der Waals surface area contributed by atoms with E-state index >= 15 is 0 Å². The number of nitrogens with one attached hydrogen (secondary N) is 1. The number of rotatable bonds is 5. The SMILES string of the molecule is CCCCC(C)N1C(=O)CNC1c1cccc(Cl)c1. The van der Waals surface area contributed by atoms with Gasteiger partial charge in [-0.25, -0.2) is 0 Å². The average Bonchev–Trinajstić information content (AvgIpc) is 2.78. The largest absolute Gasteiger partial charge is 0.319 e. The molecule has 0 aliphatic carbocycles. The lowest BCUT2D eigenvalue weighted by atomic mass is 10.1. The van der Waals surface area contributed by atoms with Gasteiger partial charge in [0.15, 0.2) is 0 Å². The quantitative estimate of drug-likeness (QED) is 0.897. The highest BCUT2D eigenvalue weighted by atomic mass is 35.5. The van der Waals surface area contributed by atoms with Crippen LogP contribution in [0.4, 0.5) is 0 Å². The third-order valence-electron chi connectivity index (χ3n) is 3.63. The minimum atomic E-state index is -0.0435. The van der Waals surface area contributed by atoms with Crippen LogP contribution in [-0.4, -0.2) is 23.4 Å². The van der Waals surface area contributed by atoms with Crippen LogP contribution in [0, 0.1) is 0 Å². The minimum absolute atomic E-state index is 0.0435. The molecule has 1 amide bonds. The minimum Gasteiger partial charge on any atom is -0.319 e. The molecule has 1 N–H and O–H groups in total. The third-order valence-corrected chi connectivity index (χ3v) is 3.86. The standard InChI is InChI=1S/C15H21ClN2O/c1-3-4-6-11(2)18-14(19)10-17-15(18)12-7-5-8-13(16)9-12/h5,7-9,11,15,17H,3-4,6,10H2,1-2H3. The molecule has 19 heavy (non-hydrogen) atoms. The molecule has 0 radical (unpaired) electrons. The fourth-order valence-corrected chi connectivity index (χ4v) is 2.81. The molecule has 1 aliphatic heterocycles. The maximum Gasteiger partial charge on any atom is 0.238 e. The van der Waals surface area contributed by atoms with E-state index in [0.29, 0.717) is 11.6 Å². The second-order valence-electron chi connectivity index (χ2n) is 5.13. The van der Waals surface area contributed by atoms with Crippen molar-refractivity contribution in [3.05, 3.63) is 34.9 Å². The van der Waals surface area contributed by atoms with Crippen molar-refractivity contribution in [3.63, 3.8) is 0 Å². The highest BCUT2D eigenvalue weighted by Gasteiger charge is 2.34. The van der Waals surface area contributed by atoms with Crippen LogP contribution in [0.5, 0.6) is 0 Å². The van der Waals surface area contributed by atoms with Gasteiger partial charge in [-0.2, -0.15) is 0 Å². The number of carbonyl (C=O) groups excluding carboxylic acids is 1. The van der Waals surface area contributed by atoms with Crippen molar-refractivity contribution in [2.45, 2.75) is 45.3 Å². The number of benzene rings is 1. The summed E-state index contributed by atoms with van der Waals surface area (Å²) in [5, 5.41) is 3.98. The van der Waals surface area contributed by atoms with Crippen molar-refractivity contribution < 1.29 is 4.79 Å². The van der Waals surface area contributed by atoms with E-state index in [2.05, 4.69) is 19.2 Å². The molecule has 1 saturated heterocycles. The van der Waals surface area contributed by atoms with Crippen LogP contribution in [0.1, 0.15) is 44.8 Å². The first-order chi connectivity index (χ1) is 9.13. The van der Waals surface area contributed by atoms with E-state index < -0.39 is 0 Å². The lowest BCUT2D eigenvalue weighted by Crippen LogP contribution is -2.37. The van der Waals surface area contributed by atoms with Crippen LogP contribution in [0.25, 0.3) is 0 Å². The summed E-state index contributed by atoms with van der Waals surface area (Å²) >= 11 is 6.04. The van der Waals surface area contributed by atoms with Gasteiger partial charge >= 0.3 is 0 Å². The summed E-state index contributed by atoms with van der Waals surface area (Å²) in [6, 6.07) is 7.98. The van der Waals surface area contributed by atoms with Crippen molar-refractivity contribution in [2.24, 2.45) is 0 Å². The molecule has 1 heterocycles. The monoisotopic (exact) mass is 280 g/mol. The van der Waals surface area contributed by atoms with Gasteiger partial charge < -0.3 is 4.90 Å². The van der Waals surface area contributed by atoms with E-state index in [-0.39, 0.29) is 18.1 Å². The van der Waals surface area contributed by atoms with Crippen LogP contribution in [0.2, 0.25) is 5.02 Å². The maximum atomic E-state index is 12.1. The van der Waals surface area contributed by atoms with Gasteiger partial charge in [0.25, 0.3) is 0 Å². The second kappa shape index (κ2) is 6.40. The number of hydrogen-bond donors (Lipinski definition) is 1. The molecule has 104 valence electrons. The van der Waals surface area contributed by atoms with Gasteiger partial charge in [-0.15, -0.1) is 0 Å². The first kappa shape index (κ1) is 14.4. The summed E-state index contributed by atoms with van der Waals surface area (Å²) in [7, 11) is 0. The number of halogens is 1. The van der Waals surface area contributed by atoms with E-state index in [1.807, 2.05) is 29.2 Å². The molecule has 1 aromatic rings. The predicted octanol–water partition coefficient (Wildman–Crippen LogP) is 3.35. The predicted molar refractivity (Wildman–Crippen MR) is 78.0 cm³/mol. The molecular weight excluding hydrogens is 260 g/mol. The fraction of sp³-hybridized carbons (Fsp3) is 0.533. The van der Waals surface area contributed by atoms with Crippen LogP contribution in [-0.2, 0) is 4.79 Å². The zero-order valence-electron chi connectivity index (χ0n) is 11.5. The Morgan fingerprint density at radius 1 is 1.53 bits per heavy atom. The van der Waals surface area contributed by atoms with Gasteiger partial charge in [-0.05, 0) is 31.0 Å². The number of hydrogen-bond acceptors (Lipinski definition) is 2. The molecule has 3 nitrogen and oxygen atoms in total. The molecule has 0 saturated carbocycles. The Bertz CT molecular complexity index is 450. The van der Waals surface area contributed by atoms with Crippen molar-refractivity contribution in [2.75, 3.05) is 6.54 Å². The Morgan fingerprint density at radius 3 is 3.00 bits per heavy atom. The zero-order valence-corrected chi connectivity index (χ0v) is 12.3. The maximum absolute atomic E-state index is 12.1. The van der Waals surface area contributed by atoms with E-state index in [1.165, 1.54) is 0 Å². The molecule has 2 unspecified atom stereocenters. The van der Waals surface area contributed by atoms with Crippen LogP contribution in [0.15, 0.2) is 24.3 Å². The first-order valence-electron chi connectivity index (χ1n) is 6.93. The lowest BCUT2D eigenvalue weighted by Gasteiger charge is -2.30. The zero-order chi connectivity index (χ0) is 13.8. The van der Waals surface area contributed by atoms with Gasteiger partial charge in [-0.1, -0.05) is 43.5 Å². The number of unbranched alkanes of at least 4 members (excludes halogenated alkanes) is 1. The smallest absolute Gasteiger partial charge is 0.238 e. The molecule has 2 atom stereocenters. The molecule has 0 aromatic heterocycles. The first-order valence-corrected chi connectivity index (χ1v) is 7.31. The Balaban J connectivity index is 2.17. The normalized spacial score (nSPS) is 20.9. The summed E-state index contributed by atoms with van der Waals surface area (Å²) in [4.78, 5) is 14.0. The third kappa shape index (κ3) is 3.28. The fourth-order valence-electron chi connectivity index (χ4n) is 2.61. The molecule has 0 bridgehead atoms. The van der Waals surface area contributed by atoms with Crippen molar-refractivity contribution in [1.82, 2.24) is 10.2 Å². The van der Waals surface area contributed by atoms with Gasteiger partial charge in [0.05, 0.1) is 6.54 Å². The Morgan fingerprint density at radius 2 is 2.32 bits per heavy atom. The van der Waals surface area contributed by atoms with E-state index in [1.54, 1.807) is 0 Å². The number of carbonyl (C=O) groups is 1. The van der Waals surface area contributed by atoms with Crippen LogP contribution >= 0.6 is 11.6 Å². The number of amides is 1. The molecule has 2 rings (SSSR count). The van der Waals surface area contributed by atoms with Gasteiger partial charge in [0, 0.05) is 11.1 Å². The van der Waals surface area contributed by atoms with Crippen molar-refractivity contribution >= 4 is 17.5 Å². The summed E-state index contributed by atoms with van der Waals surface area (Å²) in [6.07, 6.45) is 3.30. The summed E-state index contributed by atoms with van der Waals surface area (Å²) in [6.45, 7) is 4.71. The van der Waals surface area contributed by atoms with E-state index in [9.17, 15) is 4.79 Å². The summed E-state index contributed by atoms with van der Waals surface area (Å²) in [5.74, 6) is 0.175. The van der Waals surface area contributed by atoms with Crippen molar-refractivity contribution in [1.29, 1.82) is 0 Å². The average molecular weight is 281 g/mol. The van der Waals surface area contributed by atoms with Crippen molar-refractivity contribution in [3.8, 4) is 0 Å². The van der Waals surface area contributed by atoms with Gasteiger partial charge in [0.2, 0.25) is 5.91 Å². The van der Waals surface area contributed by atoms with E-state index in [0.717, 1.165) is 24.8 Å². The lowest BCUT2D eigenvalue weighted by molar-refractivity contribution is -0.130. The Hall–Kier alpha value is -1.06. The number of nitrogens with zero attached hydrogens (tertiary/aromatic N) is 1. The molecule has 1 fully saturated rings. The van der Waals surface area contributed by atoms with E-state index in [4.69, 9.17) is 11.6 Å². The summed E-state index contributed by atoms with van der Waals surface area (Å²) < 4.78 is 0. The second-order valence-corrected chi connectivity index (χ2v) is 5.57. The Kier molecular flexibility index (Phi) is 4.83. The van der Waals surface area contributed by atoms with Crippen LogP contribution in [0.3, 0.4) is 0 Å². The molecule has 1 aromatic carbocycles. The van der Waals surface area contributed by atoms with Gasteiger partial charge in [-0.3, -0.25) is 10.1 Å².